The predicted octanol–water partition coefficient (Wildman–Crippen LogP) is 3.57. The largest absolute Gasteiger partial charge is 0.459 e. The van der Waals surface area contributed by atoms with E-state index in [0.717, 1.165) is 6.42 Å². The van der Waals surface area contributed by atoms with Crippen molar-refractivity contribution in [1.82, 2.24) is 0 Å². The lowest BCUT2D eigenvalue weighted by Crippen LogP contribution is -2.35. The van der Waals surface area contributed by atoms with E-state index in [1.54, 1.807) is 6.08 Å². The van der Waals surface area contributed by atoms with Crippen molar-refractivity contribution in [1.29, 1.82) is 0 Å². The van der Waals surface area contributed by atoms with Gasteiger partial charge < -0.3 is 4.74 Å². The maximum Gasteiger partial charge on any atom is 0.330 e. The zero-order chi connectivity index (χ0) is 12.1. The molecule has 0 aromatic carbocycles. The van der Waals surface area contributed by atoms with Crippen LogP contribution in [-0.4, -0.2) is 12.1 Å². The monoisotopic (exact) mass is 224 g/mol. The lowest BCUT2D eigenvalue weighted by atomic mass is 9.75. The van der Waals surface area contributed by atoms with Crippen LogP contribution in [0.3, 0.4) is 0 Å². The summed E-state index contributed by atoms with van der Waals surface area (Å²) in [6.07, 6.45) is 6.84. The Morgan fingerprint density at radius 3 is 2.62 bits per heavy atom. The van der Waals surface area contributed by atoms with Crippen LogP contribution in [0.25, 0.3) is 0 Å². The molecule has 3 atom stereocenters. The zero-order valence-electron chi connectivity index (χ0n) is 10.9. The first-order valence-corrected chi connectivity index (χ1v) is 6.38. The van der Waals surface area contributed by atoms with E-state index in [2.05, 4.69) is 20.8 Å². The Bertz CT molecular complexity index is 255. The van der Waals surface area contributed by atoms with Crippen molar-refractivity contribution in [2.24, 2.45) is 17.8 Å². The molecule has 0 saturated heterocycles. The minimum atomic E-state index is -0.188. The first-order chi connectivity index (χ1) is 7.54. The summed E-state index contributed by atoms with van der Waals surface area (Å²) in [7, 11) is 0. The lowest BCUT2D eigenvalue weighted by Gasteiger charge is -2.36. The van der Waals surface area contributed by atoms with Gasteiger partial charge in [-0.15, -0.1) is 0 Å². The fourth-order valence-corrected chi connectivity index (χ4v) is 2.57. The summed E-state index contributed by atoms with van der Waals surface area (Å²) in [5.41, 5.74) is 0. The van der Waals surface area contributed by atoms with Crippen molar-refractivity contribution in [3.8, 4) is 0 Å². The second-order valence-electron chi connectivity index (χ2n) is 5.30. The van der Waals surface area contributed by atoms with Crippen LogP contribution in [0.4, 0.5) is 0 Å². The predicted molar refractivity (Wildman–Crippen MR) is 66.0 cm³/mol. The topological polar surface area (TPSA) is 26.3 Å². The van der Waals surface area contributed by atoms with E-state index < -0.39 is 0 Å². The molecule has 16 heavy (non-hydrogen) atoms. The number of carbonyl (C=O) groups is 1. The molecule has 2 nitrogen and oxygen atoms in total. The van der Waals surface area contributed by atoms with E-state index in [0.29, 0.717) is 17.8 Å². The van der Waals surface area contributed by atoms with E-state index in [-0.39, 0.29) is 12.1 Å². The van der Waals surface area contributed by atoms with Crippen LogP contribution in [0.15, 0.2) is 12.2 Å². The molecule has 1 rings (SSSR count). The van der Waals surface area contributed by atoms with Crippen molar-refractivity contribution in [2.45, 2.75) is 53.1 Å². The normalized spacial score (nSPS) is 30.9. The highest BCUT2D eigenvalue weighted by Crippen LogP contribution is 2.35. The molecule has 0 radical (unpaired) electrons. The summed E-state index contributed by atoms with van der Waals surface area (Å²) >= 11 is 0. The maximum atomic E-state index is 11.5. The summed E-state index contributed by atoms with van der Waals surface area (Å²) in [6, 6.07) is 0. The summed E-state index contributed by atoms with van der Waals surface area (Å²) in [5.74, 6) is 1.62. The molecule has 0 aromatic rings. The van der Waals surface area contributed by atoms with Gasteiger partial charge in [0.05, 0.1) is 0 Å². The highest BCUT2D eigenvalue weighted by Gasteiger charge is 2.32. The van der Waals surface area contributed by atoms with Crippen LogP contribution in [0.1, 0.15) is 47.0 Å². The standard InChI is InChI=1S/C14H24O2/c1-5-6-14(15)16-13-9-11(4)7-8-12(13)10(2)3/h5-6,10-13H,7-9H2,1-4H3/t11-,12+,13-/m1/s1. The fraction of sp³-hybridized carbons (Fsp3) is 0.786. The molecule has 0 spiro atoms. The molecule has 0 amide bonds. The van der Waals surface area contributed by atoms with Crippen molar-refractivity contribution < 1.29 is 9.53 Å². The molecule has 1 saturated carbocycles. The minimum absolute atomic E-state index is 0.118. The number of allylic oxidation sites excluding steroid dienone is 1. The van der Waals surface area contributed by atoms with E-state index in [4.69, 9.17) is 4.74 Å². The Balaban J connectivity index is 2.60. The van der Waals surface area contributed by atoms with Gasteiger partial charge >= 0.3 is 5.97 Å². The molecule has 1 fully saturated rings. The molecular weight excluding hydrogens is 200 g/mol. The molecule has 0 bridgehead atoms. The van der Waals surface area contributed by atoms with Gasteiger partial charge in [-0.1, -0.05) is 33.3 Å². The average molecular weight is 224 g/mol. The smallest absolute Gasteiger partial charge is 0.330 e. The Morgan fingerprint density at radius 1 is 1.38 bits per heavy atom. The van der Waals surface area contributed by atoms with Crippen molar-refractivity contribution in [2.75, 3.05) is 0 Å². The molecule has 1 aliphatic carbocycles. The number of ether oxygens (including phenoxy) is 1. The highest BCUT2D eigenvalue weighted by atomic mass is 16.5. The second-order valence-corrected chi connectivity index (χ2v) is 5.30. The van der Waals surface area contributed by atoms with Crippen molar-refractivity contribution >= 4 is 5.97 Å². The number of rotatable bonds is 3. The quantitative estimate of drug-likeness (QED) is 0.541. The summed E-state index contributed by atoms with van der Waals surface area (Å²) in [4.78, 5) is 11.5. The van der Waals surface area contributed by atoms with Gasteiger partial charge in [-0.2, -0.15) is 0 Å². The van der Waals surface area contributed by atoms with Crippen molar-refractivity contribution in [3.63, 3.8) is 0 Å². The van der Waals surface area contributed by atoms with Crippen LogP contribution in [0.2, 0.25) is 0 Å². The number of hydrogen-bond acceptors (Lipinski definition) is 2. The van der Waals surface area contributed by atoms with E-state index in [1.165, 1.54) is 18.9 Å². The van der Waals surface area contributed by atoms with Gasteiger partial charge in [0.1, 0.15) is 6.10 Å². The zero-order valence-corrected chi connectivity index (χ0v) is 10.9. The first-order valence-electron chi connectivity index (χ1n) is 6.38. The van der Waals surface area contributed by atoms with Crippen LogP contribution in [0, 0.1) is 17.8 Å². The first kappa shape index (κ1) is 13.3. The second kappa shape index (κ2) is 6.07. The molecule has 2 heteroatoms. The Hall–Kier alpha value is -0.790. The third-order valence-corrected chi connectivity index (χ3v) is 3.53. The molecule has 1 aliphatic rings. The van der Waals surface area contributed by atoms with E-state index in [1.807, 2.05) is 6.92 Å². The van der Waals surface area contributed by atoms with Gasteiger partial charge in [-0.3, -0.25) is 0 Å². The molecule has 0 heterocycles. The molecule has 92 valence electrons. The molecular formula is C14H24O2. The van der Waals surface area contributed by atoms with E-state index in [9.17, 15) is 4.79 Å². The summed E-state index contributed by atoms with van der Waals surface area (Å²) < 4.78 is 5.55. The third kappa shape index (κ3) is 3.66. The van der Waals surface area contributed by atoms with Crippen LogP contribution < -0.4 is 0 Å². The Labute approximate surface area is 99.1 Å². The molecule has 0 aliphatic heterocycles. The molecule has 0 aromatic heterocycles. The minimum Gasteiger partial charge on any atom is -0.459 e. The van der Waals surface area contributed by atoms with Gasteiger partial charge in [-0.25, -0.2) is 4.79 Å². The molecule has 0 N–H and O–H groups in total. The van der Waals surface area contributed by atoms with E-state index >= 15 is 0 Å². The van der Waals surface area contributed by atoms with Crippen LogP contribution in [0.5, 0.6) is 0 Å². The average Bonchev–Trinajstić information content (AvgIpc) is 2.17. The highest BCUT2D eigenvalue weighted by molar-refractivity contribution is 5.81. The lowest BCUT2D eigenvalue weighted by molar-refractivity contribution is -0.149. The summed E-state index contributed by atoms with van der Waals surface area (Å²) in [6.45, 7) is 8.52. The van der Waals surface area contributed by atoms with Gasteiger partial charge in [-0.05, 0) is 37.5 Å². The number of carbonyl (C=O) groups excluding carboxylic acids is 1. The third-order valence-electron chi connectivity index (χ3n) is 3.53. The van der Waals surface area contributed by atoms with Crippen molar-refractivity contribution in [3.05, 3.63) is 12.2 Å². The van der Waals surface area contributed by atoms with Gasteiger partial charge in [0.2, 0.25) is 0 Å². The Kier molecular flexibility index (Phi) is 5.04. The summed E-state index contributed by atoms with van der Waals surface area (Å²) in [5, 5.41) is 0. The SMILES string of the molecule is CC=CC(=O)O[C@@H]1C[C@H](C)CC[C@H]1C(C)C. The van der Waals surface area contributed by atoms with Crippen LogP contribution >= 0.6 is 0 Å². The van der Waals surface area contributed by atoms with Crippen LogP contribution in [-0.2, 0) is 9.53 Å². The number of esters is 1. The molecule has 0 unspecified atom stereocenters. The Morgan fingerprint density at radius 2 is 2.06 bits per heavy atom. The van der Waals surface area contributed by atoms with Gasteiger partial charge in [0, 0.05) is 6.08 Å². The van der Waals surface area contributed by atoms with Gasteiger partial charge in [0.25, 0.3) is 0 Å². The fourth-order valence-electron chi connectivity index (χ4n) is 2.57. The maximum absolute atomic E-state index is 11.5. The van der Waals surface area contributed by atoms with Gasteiger partial charge in [0.15, 0.2) is 0 Å². The number of hydrogen-bond donors (Lipinski definition) is 0.